The standard InChI is InChI=1S/C19H16FNO4/c1-24-17-7-6-15(10-13(17)11-22)21-19(23)18-16(8-9-25-18)12-2-4-14(20)5-3-12/h2-10,22H,11H2,1H3,(H,21,23). The van der Waals surface area contributed by atoms with Gasteiger partial charge in [-0.1, -0.05) is 12.1 Å². The second-order valence-corrected chi connectivity index (χ2v) is 5.31. The van der Waals surface area contributed by atoms with Gasteiger partial charge < -0.3 is 19.6 Å². The third kappa shape index (κ3) is 3.54. The molecule has 0 radical (unpaired) electrons. The number of anilines is 1. The number of amides is 1. The first-order valence-electron chi connectivity index (χ1n) is 7.55. The fraction of sp³-hybridized carbons (Fsp3) is 0.105. The summed E-state index contributed by atoms with van der Waals surface area (Å²) in [5.41, 5.74) is 2.29. The highest BCUT2D eigenvalue weighted by atomic mass is 19.1. The Kier molecular flexibility index (Phi) is 4.81. The molecule has 128 valence electrons. The quantitative estimate of drug-likeness (QED) is 0.740. The molecule has 0 fully saturated rings. The predicted octanol–water partition coefficient (Wildman–Crippen LogP) is 3.84. The molecule has 1 aromatic heterocycles. The normalized spacial score (nSPS) is 10.5. The van der Waals surface area contributed by atoms with Gasteiger partial charge in [0.05, 0.1) is 20.0 Å². The lowest BCUT2D eigenvalue weighted by molar-refractivity contribution is 0.0997. The van der Waals surface area contributed by atoms with Crippen LogP contribution in [-0.4, -0.2) is 18.1 Å². The van der Waals surface area contributed by atoms with Crippen molar-refractivity contribution in [1.29, 1.82) is 0 Å². The molecule has 0 atom stereocenters. The number of benzene rings is 2. The van der Waals surface area contributed by atoms with E-state index < -0.39 is 5.91 Å². The van der Waals surface area contributed by atoms with Crippen LogP contribution in [0.1, 0.15) is 16.1 Å². The minimum absolute atomic E-state index is 0.118. The van der Waals surface area contributed by atoms with E-state index in [0.29, 0.717) is 28.1 Å². The number of carbonyl (C=O) groups is 1. The van der Waals surface area contributed by atoms with Crippen LogP contribution in [0.15, 0.2) is 59.2 Å². The van der Waals surface area contributed by atoms with Crippen LogP contribution < -0.4 is 10.1 Å². The van der Waals surface area contributed by atoms with Crippen LogP contribution in [0.25, 0.3) is 11.1 Å². The van der Waals surface area contributed by atoms with Crippen LogP contribution in [0.4, 0.5) is 10.1 Å². The zero-order chi connectivity index (χ0) is 17.8. The largest absolute Gasteiger partial charge is 0.496 e. The van der Waals surface area contributed by atoms with Gasteiger partial charge in [0.2, 0.25) is 0 Å². The SMILES string of the molecule is COc1ccc(NC(=O)c2occc2-c2ccc(F)cc2)cc1CO. The van der Waals surface area contributed by atoms with E-state index in [1.54, 1.807) is 36.4 Å². The molecule has 25 heavy (non-hydrogen) atoms. The average molecular weight is 341 g/mol. The maximum absolute atomic E-state index is 13.1. The Hall–Kier alpha value is -3.12. The van der Waals surface area contributed by atoms with E-state index in [9.17, 15) is 14.3 Å². The molecule has 0 spiro atoms. The van der Waals surface area contributed by atoms with Crippen molar-refractivity contribution >= 4 is 11.6 Å². The molecule has 0 saturated carbocycles. The Morgan fingerprint density at radius 2 is 1.96 bits per heavy atom. The van der Waals surface area contributed by atoms with Gasteiger partial charge in [0.15, 0.2) is 5.76 Å². The third-order valence-corrected chi connectivity index (χ3v) is 3.74. The first-order chi connectivity index (χ1) is 12.1. The van der Waals surface area contributed by atoms with Gasteiger partial charge in [-0.05, 0) is 42.0 Å². The molecule has 2 N–H and O–H groups in total. The summed E-state index contributed by atoms with van der Waals surface area (Å²) in [6.45, 7) is -0.214. The zero-order valence-corrected chi connectivity index (χ0v) is 13.5. The van der Waals surface area contributed by atoms with E-state index in [1.165, 1.54) is 25.5 Å². The van der Waals surface area contributed by atoms with Gasteiger partial charge in [0.25, 0.3) is 5.91 Å². The molecule has 0 saturated heterocycles. The predicted molar refractivity (Wildman–Crippen MR) is 91.0 cm³/mol. The van der Waals surface area contributed by atoms with Crippen molar-refractivity contribution in [2.24, 2.45) is 0 Å². The second kappa shape index (κ2) is 7.19. The summed E-state index contributed by atoms with van der Waals surface area (Å²) in [5, 5.41) is 12.1. The van der Waals surface area contributed by atoms with Crippen molar-refractivity contribution in [3.8, 4) is 16.9 Å². The number of hydrogen-bond donors (Lipinski definition) is 2. The molecule has 3 rings (SSSR count). The topological polar surface area (TPSA) is 71.7 Å². The third-order valence-electron chi connectivity index (χ3n) is 3.74. The Morgan fingerprint density at radius 3 is 2.64 bits per heavy atom. The molecule has 5 nitrogen and oxygen atoms in total. The number of hydrogen-bond acceptors (Lipinski definition) is 4. The minimum atomic E-state index is -0.446. The van der Waals surface area contributed by atoms with Crippen molar-refractivity contribution < 1.29 is 23.4 Å². The van der Waals surface area contributed by atoms with Crippen LogP contribution in [0.3, 0.4) is 0 Å². The maximum Gasteiger partial charge on any atom is 0.292 e. The number of rotatable bonds is 5. The molecular weight excluding hydrogens is 325 g/mol. The lowest BCUT2D eigenvalue weighted by Gasteiger charge is -2.10. The van der Waals surface area contributed by atoms with Gasteiger partial charge in [0, 0.05) is 16.8 Å². The van der Waals surface area contributed by atoms with Crippen molar-refractivity contribution in [2.45, 2.75) is 6.61 Å². The van der Waals surface area contributed by atoms with Crippen molar-refractivity contribution in [3.05, 3.63) is 71.9 Å². The monoisotopic (exact) mass is 341 g/mol. The highest BCUT2D eigenvalue weighted by molar-refractivity contribution is 6.06. The first-order valence-corrected chi connectivity index (χ1v) is 7.55. The Bertz CT molecular complexity index is 887. The number of methoxy groups -OCH3 is 1. The van der Waals surface area contributed by atoms with Gasteiger partial charge >= 0.3 is 0 Å². The number of ether oxygens (including phenoxy) is 1. The molecule has 1 heterocycles. The molecule has 0 aliphatic carbocycles. The lowest BCUT2D eigenvalue weighted by atomic mass is 10.1. The van der Waals surface area contributed by atoms with E-state index >= 15 is 0 Å². The van der Waals surface area contributed by atoms with E-state index in [2.05, 4.69) is 5.32 Å². The summed E-state index contributed by atoms with van der Waals surface area (Å²) in [7, 11) is 1.50. The molecule has 0 aliphatic heterocycles. The molecule has 0 aliphatic rings. The molecule has 3 aromatic rings. The molecule has 1 amide bonds. The number of halogens is 1. The van der Waals surface area contributed by atoms with E-state index in [1.807, 2.05) is 0 Å². The lowest BCUT2D eigenvalue weighted by Crippen LogP contribution is -2.12. The number of nitrogens with one attached hydrogen (secondary N) is 1. The van der Waals surface area contributed by atoms with Gasteiger partial charge in [-0.3, -0.25) is 4.79 Å². The molecule has 0 bridgehead atoms. The number of aliphatic hydroxyl groups excluding tert-OH is 1. The minimum Gasteiger partial charge on any atom is -0.496 e. The zero-order valence-electron chi connectivity index (χ0n) is 13.5. The maximum atomic E-state index is 13.1. The Balaban J connectivity index is 1.85. The highest BCUT2D eigenvalue weighted by Crippen LogP contribution is 2.27. The van der Waals surface area contributed by atoms with Crippen molar-refractivity contribution in [1.82, 2.24) is 0 Å². The Labute approximate surface area is 143 Å². The average Bonchev–Trinajstić information content (AvgIpc) is 3.12. The molecule has 0 unspecified atom stereocenters. The van der Waals surface area contributed by atoms with Gasteiger partial charge in [0.1, 0.15) is 11.6 Å². The second-order valence-electron chi connectivity index (χ2n) is 5.31. The van der Waals surface area contributed by atoms with Crippen LogP contribution in [0, 0.1) is 5.82 Å². The van der Waals surface area contributed by atoms with Crippen LogP contribution >= 0.6 is 0 Å². The summed E-state index contributed by atoms with van der Waals surface area (Å²) in [4.78, 5) is 12.5. The smallest absolute Gasteiger partial charge is 0.292 e. The van der Waals surface area contributed by atoms with E-state index in [4.69, 9.17) is 9.15 Å². The van der Waals surface area contributed by atoms with E-state index in [-0.39, 0.29) is 18.2 Å². The van der Waals surface area contributed by atoms with Crippen LogP contribution in [0.2, 0.25) is 0 Å². The number of carbonyl (C=O) groups excluding carboxylic acids is 1. The van der Waals surface area contributed by atoms with Crippen molar-refractivity contribution in [2.75, 3.05) is 12.4 Å². The Morgan fingerprint density at radius 1 is 1.20 bits per heavy atom. The molecule has 6 heteroatoms. The fourth-order valence-electron chi connectivity index (χ4n) is 2.51. The van der Waals surface area contributed by atoms with E-state index in [0.717, 1.165) is 0 Å². The fourth-order valence-corrected chi connectivity index (χ4v) is 2.51. The molecular formula is C19H16FNO4. The number of aliphatic hydroxyl groups is 1. The first kappa shape index (κ1) is 16.7. The van der Waals surface area contributed by atoms with Gasteiger partial charge in [-0.2, -0.15) is 0 Å². The van der Waals surface area contributed by atoms with Gasteiger partial charge in [-0.25, -0.2) is 4.39 Å². The van der Waals surface area contributed by atoms with Gasteiger partial charge in [-0.15, -0.1) is 0 Å². The summed E-state index contributed by atoms with van der Waals surface area (Å²) >= 11 is 0. The number of furan rings is 1. The summed E-state index contributed by atoms with van der Waals surface area (Å²) in [6.07, 6.45) is 1.40. The summed E-state index contributed by atoms with van der Waals surface area (Å²) in [6, 6.07) is 12.4. The molecule has 2 aromatic carbocycles. The highest BCUT2D eigenvalue weighted by Gasteiger charge is 2.17. The summed E-state index contributed by atoms with van der Waals surface area (Å²) in [5.74, 6) is -0.148. The van der Waals surface area contributed by atoms with Crippen LogP contribution in [0.5, 0.6) is 5.75 Å². The summed E-state index contributed by atoms with van der Waals surface area (Å²) < 4.78 is 23.5. The van der Waals surface area contributed by atoms with Crippen molar-refractivity contribution in [3.63, 3.8) is 0 Å². The van der Waals surface area contributed by atoms with Crippen LogP contribution in [-0.2, 0) is 6.61 Å².